The number of rotatable bonds is 6. The van der Waals surface area contributed by atoms with Gasteiger partial charge >= 0.3 is 0 Å². The Kier molecular flexibility index (Phi) is 5.65. The lowest BCUT2D eigenvalue weighted by atomic mass is 9.85. The number of carbonyl (C=O) groups is 2. The quantitative estimate of drug-likeness (QED) is 0.179. The molecule has 2 saturated carbocycles. The van der Waals surface area contributed by atoms with Gasteiger partial charge in [0, 0.05) is 15.6 Å². The maximum Gasteiger partial charge on any atom is 0.254 e. The molecule has 0 radical (unpaired) electrons. The summed E-state index contributed by atoms with van der Waals surface area (Å²) in [5.41, 5.74) is 1.67. The van der Waals surface area contributed by atoms with Crippen LogP contribution in [0.2, 0.25) is 10.0 Å². The third kappa shape index (κ3) is 3.61. The number of methoxy groups -OCH3 is 1. The third-order valence-corrected chi connectivity index (χ3v) is 9.18. The van der Waals surface area contributed by atoms with Crippen molar-refractivity contribution in [3.63, 3.8) is 0 Å². The van der Waals surface area contributed by atoms with Crippen molar-refractivity contribution in [2.75, 3.05) is 7.11 Å². The fourth-order valence-corrected chi connectivity index (χ4v) is 7.29. The van der Waals surface area contributed by atoms with E-state index in [-0.39, 0.29) is 47.5 Å². The summed E-state index contributed by atoms with van der Waals surface area (Å²) in [6.07, 6.45) is 8.07. The normalized spacial score (nSPS) is 27.4. The first kappa shape index (κ1) is 23.3. The molecule has 6 rings (SSSR count). The van der Waals surface area contributed by atoms with Gasteiger partial charge in [0.15, 0.2) is 11.5 Å². The van der Waals surface area contributed by atoms with Crippen LogP contribution in [0.3, 0.4) is 0 Å². The number of hydrogen-bond acceptors (Lipinski definition) is 5. The first-order valence-corrected chi connectivity index (χ1v) is 13.2. The van der Waals surface area contributed by atoms with Crippen LogP contribution in [-0.4, -0.2) is 30.1 Å². The zero-order valence-corrected chi connectivity index (χ0v) is 22.4. The largest absolute Gasteiger partial charge is 0.493 e. The van der Waals surface area contributed by atoms with Crippen molar-refractivity contribution >= 4 is 63.8 Å². The minimum absolute atomic E-state index is 0.173. The lowest BCUT2D eigenvalue weighted by Gasteiger charge is -2.18. The summed E-state index contributed by atoms with van der Waals surface area (Å²) in [6.45, 7) is 0.243. The van der Waals surface area contributed by atoms with E-state index in [4.69, 9.17) is 32.7 Å². The molecule has 9 heteroatoms. The molecule has 180 valence electrons. The van der Waals surface area contributed by atoms with Crippen LogP contribution >= 0.6 is 45.8 Å². The predicted molar refractivity (Wildman–Crippen MR) is 141 cm³/mol. The molecule has 3 aliphatic carbocycles. The Balaban J connectivity index is 1.20. The SMILES string of the molecule is COc1cc(/C=N\N2C(=O)[C@@H]3[C@@H](C2=O)[C@H]2C=C[C@H]3C23CC3)cc(I)c1OCc1ccc(Cl)cc1Cl. The number of ether oxygens (including phenoxy) is 2. The summed E-state index contributed by atoms with van der Waals surface area (Å²) < 4.78 is 12.3. The number of halogens is 3. The molecule has 1 spiro atoms. The highest BCUT2D eigenvalue weighted by Gasteiger charge is 2.73. The molecule has 0 N–H and O–H groups in total. The number of nitrogens with zero attached hydrogens (tertiary/aromatic N) is 2. The van der Waals surface area contributed by atoms with Gasteiger partial charge < -0.3 is 9.47 Å². The molecule has 1 heterocycles. The van der Waals surface area contributed by atoms with Crippen LogP contribution < -0.4 is 9.47 Å². The molecule has 1 saturated heterocycles. The highest BCUT2D eigenvalue weighted by molar-refractivity contribution is 14.1. The van der Waals surface area contributed by atoms with Gasteiger partial charge in [-0.25, -0.2) is 0 Å². The Morgan fingerprint density at radius 2 is 1.80 bits per heavy atom. The molecule has 2 aromatic rings. The Morgan fingerprint density at radius 3 is 2.40 bits per heavy atom. The van der Waals surface area contributed by atoms with Crippen molar-refractivity contribution in [2.45, 2.75) is 19.4 Å². The second-order valence-electron chi connectivity index (χ2n) is 9.51. The summed E-state index contributed by atoms with van der Waals surface area (Å²) in [5, 5.41) is 6.47. The van der Waals surface area contributed by atoms with E-state index >= 15 is 0 Å². The van der Waals surface area contributed by atoms with Crippen molar-refractivity contribution in [1.29, 1.82) is 0 Å². The Morgan fingerprint density at radius 1 is 1.11 bits per heavy atom. The summed E-state index contributed by atoms with van der Waals surface area (Å²) in [7, 11) is 1.56. The molecule has 0 unspecified atom stereocenters. The predicted octanol–water partition coefficient (Wildman–Crippen LogP) is 5.72. The second kappa shape index (κ2) is 8.49. The second-order valence-corrected chi connectivity index (χ2v) is 11.5. The van der Waals surface area contributed by atoms with E-state index in [1.807, 2.05) is 12.1 Å². The standard InChI is InChI=1S/C26H21Cl2IN2O4/c1-34-20-9-13(8-19(29)23(20)35-12-14-2-3-15(27)10-18(14)28)11-30-31-24(32)21-16-4-5-17(22(21)25(31)33)26(16)6-7-26/h2-5,8-11,16-17,21-22H,6-7,12H2,1H3/b30-11-/t16-,17-,21+,22+/m1/s1. The Bertz CT molecular complexity index is 1290. The molecule has 0 aromatic heterocycles. The van der Waals surface area contributed by atoms with Gasteiger partial charge in [-0.05, 0) is 82.5 Å². The van der Waals surface area contributed by atoms with E-state index in [9.17, 15) is 9.59 Å². The minimum Gasteiger partial charge on any atom is -0.493 e. The summed E-state index contributed by atoms with van der Waals surface area (Å²) in [6, 6.07) is 8.87. The molecule has 6 nitrogen and oxygen atoms in total. The van der Waals surface area contributed by atoms with Crippen molar-refractivity contribution in [3.8, 4) is 11.5 Å². The zero-order chi connectivity index (χ0) is 24.5. The fraction of sp³-hybridized carbons (Fsp3) is 0.346. The average molecular weight is 623 g/mol. The van der Waals surface area contributed by atoms with Crippen molar-refractivity contribution < 1.29 is 19.1 Å². The van der Waals surface area contributed by atoms with Crippen LogP contribution in [-0.2, 0) is 16.2 Å². The summed E-state index contributed by atoms with van der Waals surface area (Å²) in [4.78, 5) is 26.3. The molecule has 3 fully saturated rings. The molecule has 2 bridgehead atoms. The van der Waals surface area contributed by atoms with Crippen LogP contribution in [0.4, 0.5) is 0 Å². The number of carbonyl (C=O) groups excluding carboxylic acids is 2. The summed E-state index contributed by atoms with van der Waals surface area (Å²) >= 11 is 14.4. The number of amides is 2. The van der Waals surface area contributed by atoms with Crippen molar-refractivity contribution in [3.05, 3.63) is 67.2 Å². The number of hydrazone groups is 1. The monoisotopic (exact) mass is 622 g/mol. The van der Waals surface area contributed by atoms with E-state index in [2.05, 4.69) is 39.8 Å². The number of benzene rings is 2. The van der Waals surface area contributed by atoms with Crippen molar-refractivity contribution in [2.24, 2.45) is 34.2 Å². The molecule has 2 amide bonds. The van der Waals surface area contributed by atoms with Gasteiger partial charge in [0.05, 0.1) is 28.7 Å². The van der Waals surface area contributed by atoms with Gasteiger partial charge in [-0.3, -0.25) is 9.59 Å². The Hall–Kier alpha value is -2.10. The first-order valence-electron chi connectivity index (χ1n) is 11.4. The molecule has 4 atom stereocenters. The lowest BCUT2D eigenvalue weighted by Crippen LogP contribution is -2.30. The lowest BCUT2D eigenvalue weighted by molar-refractivity contribution is -0.141. The first-order chi connectivity index (χ1) is 16.8. The Labute approximate surface area is 226 Å². The molecule has 4 aliphatic rings. The number of fused-ring (bicyclic) bond motifs is 3. The van der Waals surface area contributed by atoms with Crippen LogP contribution in [0.1, 0.15) is 24.0 Å². The molecule has 1 aliphatic heterocycles. The van der Waals surface area contributed by atoms with Crippen LogP contribution in [0.5, 0.6) is 11.5 Å². The van der Waals surface area contributed by atoms with Gasteiger partial charge in [-0.2, -0.15) is 10.1 Å². The third-order valence-electron chi connectivity index (χ3n) is 7.79. The minimum atomic E-state index is -0.262. The zero-order valence-electron chi connectivity index (χ0n) is 18.7. The number of imide groups is 1. The molecular weight excluding hydrogens is 602 g/mol. The molecular formula is C26H21Cl2IN2O4. The average Bonchev–Trinajstić information content (AvgIpc) is 3.43. The number of hydrogen-bond donors (Lipinski definition) is 0. The van der Waals surface area contributed by atoms with Gasteiger partial charge in [0.25, 0.3) is 11.8 Å². The highest BCUT2D eigenvalue weighted by Crippen LogP contribution is 2.73. The van der Waals surface area contributed by atoms with Gasteiger partial charge in [-0.15, -0.1) is 0 Å². The maximum absolute atomic E-state index is 13.1. The van der Waals surface area contributed by atoms with Crippen molar-refractivity contribution in [1.82, 2.24) is 5.01 Å². The van der Waals surface area contributed by atoms with Crippen LogP contribution in [0, 0.1) is 32.7 Å². The fourth-order valence-electron chi connectivity index (χ4n) is 6.04. The maximum atomic E-state index is 13.1. The highest BCUT2D eigenvalue weighted by atomic mass is 127. The van der Waals surface area contributed by atoms with Crippen LogP contribution in [0.15, 0.2) is 47.6 Å². The van der Waals surface area contributed by atoms with Gasteiger partial charge in [0.2, 0.25) is 0 Å². The van der Waals surface area contributed by atoms with E-state index in [1.54, 1.807) is 25.3 Å². The van der Waals surface area contributed by atoms with Gasteiger partial charge in [0.1, 0.15) is 6.61 Å². The summed E-state index contributed by atoms with van der Waals surface area (Å²) in [5.74, 6) is 0.557. The van der Waals surface area contributed by atoms with Gasteiger partial charge in [-0.1, -0.05) is 41.4 Å². The topological polar surface area (TPSA) is 68.2 Å². The molecule has 2 aromatic carbocycles. The molecule has 35 heavy (non-hydrogen) atoms. The number of allylic oxidation sites excluding steroid dienone is 2. The smallest absolute Gasteiger partial charge is 0.254 e. The van der Waals surface area contributed by atoms with E-state index in [0.29, 0.717) is 27.1 Å². The van der Waals surface area contributed by atoms with E-state index < -0.39 is 0 Å². The van der Waals surface area contributed by atoms with Crippen LogP contribution in [0.25, 0.3) is 0 Å². The van der Waals surface area contributed by atoms with E-state index in [0.717, 1.165) is 27.0 Å². The van der Waals surface area contributed by atoms with E-state index in [1.165, 1.54) is 6.21 Å².